The summed E-state index contributed by atoms with van der Waals surface area (Å²) >= 11 is 1.85. The summed E-state index contributed by atoms with van der Waals surface area (Å²) in [6.07, 6.45) is 8.65. The second-order valence-electron chi connectivity index (χ2n) is 7.25. The molecule has 1 saturated heterocycles. The van der Waals surface area contributed by atoms with Crippen molar-refractivity contribution in [3.63, 3.8) is 0 Å². The minimum atomic E-state index is 0.109. The Morgan fingerprint density at radius 2 is 1.97 bits per heavy atom. The summed E-state index contributed by atoms with van der Waals surface area (Å²) in [5.74, 6) is 1.48. The van der Waals surface area contributed by atoms with E-state index in [0.717, 1.165) is 19.6 Å². The molecule has 0 saturated carbocycles. The summed E-state index contributed by atoms with van der Waals surface area (Å²) in [6.45, 7) is 4.86. The van der Waals surface area contributed by atoms with E-state index in [0.29, 0.717) is 17.4 Å². The SMILES string of the molecule is Cc1ccc(CN2C[C@@H](c3cccnc3)[C@H](c3nc(-c4cnccn4)no3)C2)s1. The predicted molar refractivity (Wildman–Crippen MR) is 109 cm³/mol. The predicted octanol–water partition coefficient (Wildman–Crippen LogP) is 3.67. The molecule has 4 aromatic heterocycles. The minimum absolute atomic E-state index is 0.109. The lowest BCUT2D eigenvalue weighted by Crippen LogP contribution is -2.19. The van der Waals surface area contributed by atoms with Gasteiger partial charge in [0.2, 0.25) is 11.7 Å². The quantitative estimate of drug-likeness (QED) is 0.502. The Hall–Kier alpha value is -2.97. The van der Waals surface area contributed by atoms with Crippen LogP contribution in [0.5, 0.6) is 0 Å². The molecule has 1 aliphatic rings. The lowest BCUT2D eigenvalue weighted by molar-refractivity contribution is 0.311. The van der Waals surface area contributed by atoms with Crippen molar-refractivity contribution < 1.29 is 4.52 Å². The zero-order chi connectivity index (χ0) is 19.6. The Kier molecular flexibility index (Phi) is 4.87. The molecule has 0 aliphatic carbocycles. The van der Waals surface area contributed by atoms with Crippen molar-refractivity contribution >= 4 is 11.3 Å². The molecule has 0 aromatic carbocycles. The fourth-order valence-electron chi connectivity index (χ4n) is 3.89. The lowest BCUT2D eigenvalue weighted by Gasteiger charge is -2.15. The highest BCUT2D eigenvalue weighted by Gasteiger charge is 2.38. The van der Waals surface area contributed by atoms with Crippen molar-refractivity contribution in [1.29, 1.82) is 0 Å². The van der Waals surface area contributed by atoms with Gasteiger partial charge in [0, 0.05) is 60.1 Å². The van der Waals surface area contributed by atoms with Gasteiger partial charge in [0.05, 0.1) is 12.1 Å². The van der Waals surface area contributed by atoms with Crippen LogP contribution in [0.15, 0.2) is 59.8 Å². The van der Waals surface area contributed by atoms with E-state index in [2.05, 4.69) is 55.1 Å². The van der Waals surface area contributed by atoms with E-state index >= 15 is 0 Å². The molecule has 5 heterocycles. The zero-order valence-electron chi connectivity index (χ0n) is 16.0. The highest BCUT2D eigenvalue weighted by atomic mass is 32.1. The molecule has 0 unspecified atom stereocenters. The van der Waals surface area contributed by atoms with Gasteiger partial charge in [-0.25, -0.2) is 4.98 Å². The highest BCUT2D eigenvalue weighted by molar-refractivity contribution is 7.11. The topological polar surface area (TPSA) is 80.8 Å². The molecule has 8 heteroatoms. The lowest BCUT2D eigenvalue weighted by atomic mass is 9.90. The maximum Gasteiger partial charge on any atom is 0.232 e. The molecular weight excluding hydrogens is 384 g/mol. The molecule has 4 aromatic rings. The van der Waals surface area contributed by atoms with Crippen LogP contribution in [0, 0.1) is 6.92 Å². The van der Waals surface area contributed by atoms with Crippen LogP contribution in [0.1, 0.15) is 33.0 Å². The number of aromatic nitrogens is 5. The van der Waals surface area contributed by atoms with Gasteiger partial charge in [-0.2, -0.15) is 4.98 Å². The summed E-state index contributed by atoms with van der Waals surface area (Å²) in [5, 5.41) is 4.15. The molecule has 1 aliphatic heterocycles. The molecule has 29 heavy (non-hydrogen) atoms. The average molecular weight is 404 g/mol. The number of hydrogen-bond donors (Lipinski definition) is 0. The average Bonchev–Trinajstić information content (AvgIpc) is 3.49. The first-order valence-corrected chi connectivity index (χ1v) is 10.4. The first-order chi connectivity index (χ1) is 14.3. The zero-order valence-corrected chi connectivity index (χ0v) is 16.8. The maximum absolute atomic E-state index is 5.68. The summed E-state index contributed by atoms with van der Waals surface area (Å²) in [5.41, 5.74) is 1.81. The van der Waals surface area contributed by atoms with Gasteiger partial charge in [-0.05, 0) is 30.7 Å². The van der Waals surface area contributed by atoms with Crippen LogP contribution in [-0.4, -0.2) is 43.1 Å². The third kappa shape index (κ3) is 3.81. The first-order valence-electron chi connectivity index (χ1n) is 9.54. The van der Waals surface area contributed by atoms with Crippen LogP contribution in [-0.2, 0) is 6.54 Å². The minimum Gasteiger partial charge on any atom is -0.339 e. The summed E-state index contributed by atoms with van der Waals surface area (Å²) in [6, 6.07) is 8.50. The normalized spacial score (nSPS) is 19.6. The van der Waals surface area contributed by atoms with Crippen molar-refractivity contribution in [3.8, 4) is 11.5 Å². The van der Waals surface area contributed by atoms with Gasteiger partial charge >= 0.3 is 0 Å². The Bertz CT molecular complexity index is 1080. The number of pyridine rings is 1. The maximum atomic E-state index is 5.68. The van der Waals surface area contributed by atoms with E-state index in [-0.39, 0.29) is 11.8 Å². The van der Waals surface area contributed by atoms with Crippen molar-refractivity contribution in [2.24, 2.45) is 0 Å². The van der Waals surface area contributed by atoms with Gasteiger partial charge in [0.15, 0.2) is 0 Å². The molecule has 146 valence electrons. The van der Waals surface area contributed by atoms with Crippen molar-refractivity contribution in [2.45, 2.75) is 25.3 Å². The third-order valence-electron chi connectivity index (χ3n) is 5.23. The monoisotopic (exact) mass is 404 g/mol. The van der Waals surface area contributed by atoms with Crippen LogP contribution >= 0.6 is 11.3 Å². The van der Waals surface area contributed by atoms with E-state index in [1.807, 2.05) is 23.6 Å². The molecule has 0 radical (unpaired) electrons. The van der Waals surface area contributed by atoms with E-state index in [1.54, 1.807) is 24.8 Å². The number of likely N-dealkylation sites (tertiary alicyclic amines) is 1. The second kappa shape index (κ2) is 7.81. The van der Waals surface area contributed by atoms with Crippen LogP contribution in [0.25, 0.3) is 11.5 Å². The molecule has 1 fully saturated rings. The molecule has 2 atom stereocenters. The van der Waals surface area contributed by atoms with Crippen LogP contribution in [0.2, 0.25) is 0 Å². The summed E-state index contributed by atoms with van der Waals surface area (Å²) in [7, 11) is 0. The number of nitrogens with zero attached hydrogens (tertiary/aromatic N) is 6. The summed E-state index contributed by atoms with van der Waals surface area (Å²) < 4.78 is 5.68. The van der Waals surface area contributed by atoms with Crippen molar-refractivity contribution in [2.75, 3.05) is 13.1 Å². The number of aryl methyl sites for hydroxylation is 1. The number of hydrogen-bond acceptors (Lipinski definition) is 8. The molecule has 0 amide bonds. The largest absolute Gasteiger partial charge is 0.339 e. The van der Waals surface area contributed by atoms with Crippen LogP contribution in [0.4, 0.5) is 0 Å². The van der Waals surface area contributed by atoms with E-state index in [9.17, 15) is 0 Å². The highest BCUT2D eigenvalue weighted by Crippen LogP contribution is 2.40. The smallest absolute Gasteiger partial charge is 0.232 e. The van der Waals surface area contributed by atoms with Crippen molar-refractivity contribution in [3.05, 3.63) is 76.5 Å². The van der Waals surface area contributed by atoms with Gasteiger partial charge in [0.1, 0.15) is 5.69 Å². The molecule has 0 spiro atoms. The van der Waals surface area contributed by atoms with Crippen LogP contribution < -0.4 is 0 Å². The van der Waals surface area contributed by atoms with Gasteiger partial charge in [0.25, 0.3) is 0 Å². The molecular formula is C21H20N6OS. The fourth-order valence-corrected chi connectivity index (χ4v) is 4.83. The van der Waals surface area contributed by atoms with E-state index < -0.39 is 0 Å². The number of thiophene rings is 1. The van der Waals surface area contributed by atoms with E-state index in [1.165, 1.54) is 15.3 Å². The van der Waals surface area contributed by atoms with Gasteiger partial charge in [-0.3, -0.25) is 14.9 Å². The standard InChI is InChI=1S/C21H20N6OS/c1-14-4-5-16(29-14)11-27-12-17(15-3-2-6-22-9-15)18(13-27)21-25-20(26-28-21)19-10-23-7-8-24-19/h2-10,17-18H,11-13H2,1H3/t17-,18+/m0/s1. The third-order valence-corrected chi connectivity index (χ3v) is 6.22. The van der Waals surface area contributed by atoms with Gasteiger partial charge < -0.3 is 4.52 Å². The fraction of sp³-hybridized carbons (Fsp3) is 0.286. The Labute approximate surface area is 172 Å². The van der Waals surface area contributed by atoms with E-state index in [4.69, 9.17) is 4.52 Å². The Balaban J connectivity index is 1.43. The van der Waals surface area contributed by atoms with Crippen LogP contribution in [0.3, 0.4) is 0 Å². The number of rotatable bonds is 5. The molecule has 7 nitrogen and oxygen atoms in total. The molecule has 0 N–H and O–H groups in total. The first kappa shape index (κ1) is 18.1. The van der Waals surface area contributed by atoms with Gasteiger partial charge in [-0.15, -0.1) is 11.3 Å². The summed E-state index contributed by atoms with van der Waals surface area (Å²) in [4.78, 5) is 22.5. The second-order valence-corrected chi connectivity index (χ2v) is 8.63. The van der Waals surface area contributed by atoms with Gasteiger partial charge in [-0.1, -0.05) is 11.2 Å². The molecule has 5 rings (SSSR count). The Morgan fingerprint density at radius 3 is 2.72 bits per heavy atom. The molecule has 0 bridgehead atoms. The van der Waals surface area contributed by atoms with Crippen molar-refractivity contribution in [1.82, 2.24) is 30.0 Å². The Morgan fingerprint density at radius 1 is 1.07 bits per heavy atom.